The minimum atomic E-state index is -0.167. The fourth-order valence-electron chi connectivity index (χ4n) is 2.50. The zero-order valence-corrected chi connectivity index (χ0v) is 13.2. The van der Waals surface area contributed by atoms with E-state index in [9.17, 15) is 4.79 Å². The summed E-state index contributed by atoms with van der Waals surface area (Å²) in [6, 6.07) is 7.40. The Morgan fingerprint density at radius 1 is 1.50 bits per heavy atom. The minimum absolute atomic E-state index is 0.0318. The Labute approximate surface area is 134 Å². The average Bonchev–Trinajstić information content (AvgIpc) is 3.28. The van der Waals surface area contributed by atoms with Crippen LogP contribution in [-0.2, 0) is 7.05 Å². The van der Waals surface area contributed by atoms with Gasteiger partial charge in [0, 0.05) is 31.4 Å². The first-order chi connectivity index (χ1) is 10.6. The molecule has 3 N–H and O–H groups in total. The topological polar surface area (TPSA) is 72.9 Å². The van der Waals surface area contributed by atoms with Gasteiger partial charge in [0.05, 0.1) is 10.6 Å². The zero-order valence-electron chi connectivity index (χ0n) is 12.4. The van der Waals surface area contributed by atoms with E-state index < -0.39 is 0 Å². The van der Waals surface area contributed by atoms with Crippen LogP contribution < -0.4 is 11.1 Å². The molecule has 0 spiro atoms. The smallest absolute Gasteiger partial charge is 0.255 e. The normalized spacial score (nSPS) is 15.6. The van der Waals surface area contributed by atoms with E-state index in [4.69, 9.17) is 17.3 Å². The van der Waals surface area contributed by atoms with E-state index in [1.165, 1.54) is 0 Å². The molecule has 0 bridgehead atoms. The highest BCUT2D eigenvalue weighted by Crippen LogP contribution is 2.31. The van der Waals surface area contributed by atoms with Crippen LogP contribution in [0.25, 0.3) is 11.3 Å². The molecule has 0 radical (unpaired) electrons. The molecule has 6 heteroatoms. The summed E-state index contributed by atoms with van der Waals surface area (Å²) in [5, 5.41) is 7.85. The van der Waals surface area contributed by atoms with Gasteiger partial charge in [0.2, 0.25) is 0 Å². The number of nitrogens with zero attached hydrogens (tertiary/aromatic N) is 2. The Kier molecular flexibility index (Phi) is 4.18. The maximum atomic E-state index is 12.4. The van der Waals surface area contributed by atoms with Crippen LogP contribution in [0, 0.1) is 5.92 Å². The maximum Gasteiger partial charge on any atom is 0.255 e. The van der Waals surface area contributed by atoms with Crippen molar-refractivity contribution in [2.75, 3.05) is 6.54 Å². The second-order valence-electron chi connectivity index (χ2n) is 5.76. The van der Waals surface area contributed by atoms with Gasteiger partial charge in [-0.25, -0.2) is 0 Å². The molecule has 1 heterocycles. The van der Waals surface area contributed by atoms with Gasteiger partial charge < -0.3 is 11.1 Å². The molecule has 1 saturated carbocycles. The Balaban J connectivity index is 1.81. The summed E-state index contributed by atoms with van der Waals surface area (Å²) in [6.45, 7) is 0.486. The number of nitrogens with two attached hydrogens (primary N) is 1. The van der Waals surface area contributed by atoms with Crippen molar-refractivity contribution >= 4 is 17.5 Å². The Morgan fingerprint density at radius 3 is 2.91 bits per heavy atom. The number of nitrogens with one attached hydrogen (secondary N) is 1. The highest BCUT2D eigenvalue weighted by atomic mass is 35.5. The third-order valence-electron chi connectivity index (χ3n) is 3.93. The number of hydrogen-bond acceptors (Lipinski definition) is 3. The van der Waals surface area contributed by atoms with Crippen LogP contribution in [0.3, 0.4) is 0 Å². The first-order valence-electron chi connectivity index (χ1n) is 7.38. The summed E-state index contributed by atoms with van der Waals surface area (Å²) in [7, 11) is 1.78. The van der Waals surface area contributed by atoms with Crippen molar-refractivity contribution < 1.29 is 4.79 Å². The lowest BCUT2D eigenvalue weighted by Gasteiger charge is -2.11. The SMILES string of the molecule is Cn1cc(C(=O)NCC(N)C2CC2)c(-c2ccccc2Cl)n1. The number of halogens is 1. The molecule has 116 valence electrons. The van der Waals surface area contributed by atoms with Crippen molar-refractivity contribution in [3.8, 4) is 11.3 Å². The van der Waals surface area contributed by atoms with E-state index in [1.807, 2.05) is 18.2 Å². The quantitative estimate of drug-likeness (QED) is 0.887. The van der Waals surface area contributed by atoms with Gasteiger partial charge in [-0.15, -0.1) is 0 Å². The molecule has 1 aromatic heterocycles. The predicted octanol–water partition coefficient (Wildman–Crippen LogP) is 2.21. The van der Waals surface area contributed by atoms with Gasteiger partial charge in [0.15, 0.2) is 0 Å². The molecule has 1 unspecified atom stereocenters. The van der Waals surface area contributed by atoms with Gasteiger partial charge in [-0.05, 0) is 24.8 Å². The molecule has 22 heavy (non-hydrogen) atoms. The van der Waals surface area contributed by atoms with E-state index in [2.05, 4.69) is 10.4 Å². The van der Waals surface area contributed by atoms with Crippen molar-refractivity contribution in [1.82, 2.24) is 15.1 Å². The summed E-state index contributed by atoms with van der Waals surface area (Å²) in [5.74, 6) is 0.386. The third-order valence-corrected chi connectivity index (χ3v) is 4.26. The summed E-state index contributed by atoms with van der Waals surface area (Å²) in [4.78, 5) is 12.4. The molecule has 1 atom stereocenters. The number of aryl methyl sites for hydroxylation is 1. The van der Waals surface area contributed by atoms with Crippen LogP contribution in [0.15, 0.2) is 30.5 Å². The molecule has 3 rings (SSSR count). The van der Waals surface area contributed by atoms with Crippen molar-refractivity contribution in [1.29, 1.82) is 0 Å². The Morgan fingerprint density at radius 2 is 2.23 bits per heavy atom. The van der Waals surface area contributed by atoms with Crippen molar-refractivity contribution in [2.45, 2.75) is 18.9 Å². The third kappa shape index (κ3) is 3.15. The maximum absolute atomic E-state index is 12.4. The van der Waals surface area contributed by atoms with Gasteiger partial charge in [0.25, 0.3) is 5.91 Å². The summed E-state index contributed by atoms with van der Waals surface area (Å²) >= 11 is 6.22. The first-order valence-corrected chi connectivity index (χ1v) is 7.76. The lowest BCUT2D eigenvalue weighted by atomic mass is 10.1. The monoisotopic (exact) mass is 318 g/mol. The fraction of sp³-hybridized carbons (Fsp3) is 0.375. The molecule has 1 aliphatic rings. The van der Waals surface area contributed by atoms with E-state index in [0.717, 1.165) is 18.4 Å². The van der Waals surface area contributed by atoms with Crippen LogP contribution >= 0.6 is 11.6 Å². The number of aromatic nitrogens is 2. The number of benzene rings is 1. The van der Waals surface area contributed by atoms with Crippen molar-refractivity contribution in [2.24, 2.45) is 18.7 Å². The minimum Gasteiger partial charge on any atom is -0.350 e. The van der Waals surface area contributed by atoms with E-state index >= 15 is 0 Å². The first kappa shape index (κ1) is 15.1. The standard InChI is InChI=1S/C16H19ClN4O/c1-21-9-12(16(22)19-8-14(18)10-6-7-10)15(20-21)11-4-2-3-5-13(11)17/h2-5,9-10,14H,6-8,18H2,1H3,(H,19,22). The second kappa shape index (κ2) is 6.10. The molecule has 1 aromatic carbocycles. The Hall–Kier alpha value is -1.85. The van der Waals surface area contributed by atoms with Crippen LogP contribution in [0.4, 0.5) is 0 Å². The number of rotatable bonds is 5. The van der Waals surface area contributed by atoms with Crippen molar-refractivity contribution in [3.63, 3.8) is 0 Å². The van der Waals surface area contributed by atoms with E-state index in [1.54, 1.807) is 24.0 Å². The van der Waals surface area contributed by atoms with Gasteiger partial charge in [-0.3, -0.25) is 9.48 Å². The average molecular weight is 319 g/mol. The van der Waals surface area contributed by atoms with Crippen LogP contribution in [0.1, 0.15) is 23.2 Å². The molecule has 2 aromatic rings. The van der Waals surface area contributed by atoms with Gasteiger partial charge in [-0.2, -0.15) is 5.10 Å². The van der Waals surface area contributed by atoms with Crippen LogP contribution in [0.2, 0.25) is 5.02 Å². The van der Waals surface area contributed by atoms with Gasteiger partial charge in [0.1, 0.15) is 5.69 Å². The molecule has 0 saturated heterocycles. The summed E-state index contributed by atoms with van der Waals surface area (Å²) in [5.41, 5.74) is 7.88. The van der Waals surface area contributed by atoms with Crippen molar-refractivity contribution in [3.05, 3.63) is 41.0 Å². The van der Waals surface area contributed by atoms with Gasteiger partial charge >= 0.3 is 0 Å². The number of carbonyl (C=O) groups is 1. The summed E-state index contributed by atoms with van der Waals surface area (Å²) in [6.07, 6.45) is 4.03. The lowest BCUT2D eigenvalue weighted by Crippen LogP contribution is -2.38. The molecular weight excluding hydrogens is 300 g/mol. The Bertz CT molecular complexity index is 693. The van der Waals surface area contributed by atoms with Gasteiger partial charge in [-0.1, -0.05) is 29.8 Å². The molecule has 0 aliphatic heterocycles. The molecule has 1 aliphatic carbocycles. The zero-order chi connectivity index (χ0) is 15.7. The number of hydrogen-bond donors (Lipinski definition) is 2. The van der Waals surface area contributed by atoms with Crippen LogP contribution in [0.5, 0.6) is 0 Å². The summed E-state index contributed by atoms with van der Waals surface area (Å²) < 4.78 is 1.62. The van der Waals surface area contributed by atoms with Crippen LogP contribution in [-0.4, -0.2) is 28.3 Å². The highest BCUT2D eigenvalue weighted by Gasteiger charge is 2.29. The second-order valence-corrected chi connectivity index (χ2v) is 6.16. The largest absolute Gasteiger partial charge is 0.350 e. The number of carbonyl (C=O) groups excluding carboxylic acids is 1. The van der Waals surface area contributed by atoms with E-state index in [-0.39, 0.29) is 11.9 Å². The molecule has 5 nitrogen and oxygen atoms in total. The molecular formula is C16H19ClN4O. The predicted molar refractivity (Wildman–Crippen MR) is 86.7 cm³/mol. The molecule has 1 fully saturated rings. The molecule has 1 amide bonds. The van der Waals surface area contributed by atoms with E-state index in [0.29, 0.717) is 28.7 Å². The highest BCUT2D eigenvalue weighted by molar-refractivity contribution is 6.33. The lowest BCUT2D eigenvalue weighted by molar-refractivity contribution is 0.0951. The fourth-order valence-corrected chi connectivity index (χ4v) is 2.73. The number of amides is 1.